The van der Waals surface area contributed by atoms with Gasteiger partial charge in [-0.1, -0.05) is 24.4 Å². The Labute approximate surface area is 131 Å². The average molecular weight is 309 g/mol. The van der Waals surface area contributed by atoms with E-state index in [1.54, 1.807) is 4.90 Å². The fourth-order valence-electron chi connectivity index (χ4n) is 2.41. The largest absolute Gasteiger partial charge is 0.490 e. The zero-order chi connectivity index (χ0) is 15.5. The molecule has 1 amide bonds. The highest BCUT2D eigenvalue weighted by Crippen LogP contribution is 2.22. The van der Waals surface area contributed by atoms with Gasteiger partial charge in [0.2, 0.25) is 0 Å². The monoisotopic (exact) mass is 309 g/mol. The van der Waals surface area contributed by atoms with Crippen LogP contribution in [0, 0.1) is 0 Å². The van der Waals surface area contributed by atoms with Gasteiger partial charge in [0.05, 0.1) is 10.9 Å². The highest BCUT2D eigenvalue weighted by Gasteiger charge is 2.32. The molecule has 0 aromatic carbocycles. The number of hydrogen-bond donors (Lipinski definition) is 0. The van der Waals surface area contributed by atoms with Gasteiger partial charge < -0.3 is 14.4 Å². The van der Waals surface area contributed by atoms with Crippen molar-refractivity contribution >= 4 is 23.2 Å². The smallest absolute Gasteiger partial charge is 0.410 e. The molecular formula is C16H23NO3S. The Morgan fingerprint density at radius 2 is 2.24 bits per heavy atom. The standard InChI is InChI=1S/C16H23NO3S/c1-16(2,3)20-15(18)17-10-6-7-12(17)11-19-13-8-4-5-9-14(13)21/h4-5,8,12H,6-7,9-11H2,1-3H3/t12-/m0/s1. The third-order valence-corrected chi connectivity index (χ3v) is 3.77. The lowest BCUT2D eigenvalue weighted by molar-refractivity contribution is 0.0162. The Hall–Kier alpha value is -1.36. The summed E-state index contributed by atoms with van der Waals surface area (Å²) in [5.41, 5.74) is -0.469. The number of nitrogens with zero attached hydrogens (tertiary/aromatic N) is 1. The van der Waals surface area contributed by atoms with E-state index in [4.69, 9.17) is 21.7 Å². The van der Waals surface area contributed by atoms with E-state index in [1.165, 1.54) is 0 Å². The summed E-state index contributed by atoms with van der Waals surface area (Å²) in [5.74, 6) is 0.753. The summed E-state index contributed by atoms with van der Waals surface area (Å²) in [7, 11) is 0. The van der Waals surface area contributed by atoms with E-state index in [0.717, 1.165) is 36.4 Å². The Kier molecular flexibility index (Phi) is 5.04. The number of allylic oxidation sites excluding steroid dienone is 4. The van der Waals surface area contributed by atoms with Crippen LogP contribution in [0.25, 0.3) is 0 Å². The van der Waals surface area contributed by atoms with Crippen LogP contribution in [0.2, 0.25) is 0 Å². The molecule has 0 saturated carbocycles. The number of likely N-dealkylation sites (tertiary alicyclic amines) is 1. The van der Waals surface area contributed by atoms with Crippen LogP contribution in [0.3, 0.4) is 0 Å². The van der Waals surface area contributed by atoms with E-state index in [9.17, 15) is 4.79 Å². The number of ether oxygens (including phenoxy) is 2. The summed E-state index contributed by atoms with van der Waals surface area (Å²) in [6.07, 6.45) is 8.27. The fourth-order valence-corrected chi connectivity index (χ4v) is 2.63. The Morgan fingerprint density at radius 1 is 1.48 bits per heavy atom. The predicted molar refractivity (Wildman–Crippen MR) is 86.4 cm³/mol. The van der Waals surface area contributed by atoms with Crippen LogP contribution in [0.15, 0.2) is 24.0 Å². The maximum Gasteiger partial charge on any atom is 0.410 e. The van der Waals surface area contributed by atoms with Gasteiger partial charge in [0.15, 0.2) is 0 Å². The molecule has 2 aliphatic rings. The minimum atomic E-state index is -0.469. The number of hydrogen-bond acceptors (Lipinski definition) is 4. The summed E-state index contributed by atoms with van der Waals surface area (Å²) >= 11 is 5.27. The number of carbonyl (C=O) groups is 1. The molecule has 0 aromatic rings. The number of amides is 1. The van der Waals surface area contributed by atoms with Crippen molar-refractivity contribution in [3.8, 4) is 0 Å². The van der Waals surface area contributed by atoms with Crippen molar-refractivity contribution in [1.29, 1.82) is 0 Å². The van der Waals surface area contributed by atoms with Gasteiger partial charge in [0, 0.05) is 13.0 Å². The SMILES string of the molecule is CC(C)(C)OC(=O)N1CCC[C@H]1COC1=CC=CCC1=S. The highest BCUT2D eigenvalue weighted by molar-refractivity contribution is 7.80. The van der Waals surface area contributed by atoms with Crippen molar-refractivity contribution in [2.75, 3.05) is 13.2 Å². The molecule has 4 nitrogen and oxygen atoms in total. The lowest BCUT2D eigenvalue weighted by Gasteiger charge is -2.29. The molecule has 1 aliphatic heterocycles. The molecule has 5 heteroatoms. The molecule has 0 N–H and O–H groups in total. The van der Waals surface area contributed by atoms with Crippen LogP contribution >= 0.6 is 12.2 Å². The van der Waals surface area contributed by atoms with Crippen molar-refractivity contribution < 1.29 is 14.3 Å². The van der Waals surface area contributed by atoms with Crippen LogP contribution in [0.5, 0.6) is 0 Å². The summed E-state index contributed by atoms with van der Waals surface area (Å²) in [6, 6.07) is 0.0643. The molecule has 1 saturated heterocycles. The van der Waals surface area contributed by atoms with Crippen LogP contribution in [0.1, 0.15) is 40.0 Å². The van der Waals surface area contributed by atoms with Crippen molar-refractivity contribution in [1.82, 2.24) is 4.90 Å². The van der Waals surface area contributed by atoms with E-state index in [1.807, 2.05) is 39.0 Å². The zero-order valence-corrected chi connectivity index (χ0v) is 13.7. The highest BCUT2D eigenvalue weighted by atomic mass is 32.1. The molecule has 21 heavy (non-hydrogen) atoms. The van der Waals surface area contributed by atoms with Crippen LogP contribution in [-0.2, 0) is 9.47 Å². The van der Waals surface area contributed by atoms with Gasteiger partial charge in [-0.15, -0.1) is 0 Å². The Morgan fingerprint density at radius 3 is 2.90 bits per heavy atom. The van der Waals surface area contributed by atoms with Crippen molar-refractivity contribution in [2.45, 2.75) is 51.7 Å². The van der Waals surface area contributed by atoms with Gasteiger partial charge in [-0.3, -0.25) is 0 Å². The molecule has 1 aliphatic carbocycles. The van der Waals surface area contributed by atoms with Crippen molar-refractivity contribution in [2.24, 2.45) is 0 Å². The van der Waals surface area contributed by atoms with Gasteiger partial charge >= 0.3 is 6.09 Å². The fraction of sp³-hybridized carbons (Fsp3) is 0.625. The lowest BCUT2D eigenvalue weighted by Crippen LogP contribution is -2.41. The molecule has 0 radical (unpaired) electrons. The van der Waals surface area contributed by atoms with E-state index in [2.05, 4.69) is 0 Å². The molecule has 1 fully saturated rings. The maximum absolute atomic E-state index is 12.2. The zero-order valence-electron chi connectivity index (χ0n) is 12.9. The molecule has 0 bridgehead atoms. The normalized spacial score (nSPS) is 22.2. The van der Waals surface area contributed by atoms with E-state index < -0.39 is 5.60 Å². The molecule has 2 rings (SSSR count). The van der Waals surface area contributed by atoms with Gasteiger partial charge in [0.25, 0.3) is 0 Å². The lowest BCUT2D eigenvalue weighted by atomic mass is 10.1. The quantitative estimate of drug-likeness (QED) is 0.747. The summed E-state index contributed by atoms with van der Waals surface area (Å²) < 4.78 is 11.3. The topological polar surface area (TPSA) is 38.8 Å². The number of rotatable bonds is 3. The van der Waals surface area contributed by atoms with E-state index in [0.29, 0.717) is 6.61 Å². The second kappa shape index (κ2) is 6.60. The molecule has 1 heterocycles. The second-order valence-electron chi connectivity index (χ2n) is 6.37. The van der Waals surface area contributed by atoms with Gasteiger partial charge in [-0.2, -0.15) is 0 Å². The summed E-state index contributed by atoms with van der Waals surface area (Å²) in [4.78, 5) is 14.8. The second-order valence-corrected chi connectivity index (χ2v) is 6.86. The molecule has 0 spiro atoms. The van der Waals surface area contributed by atoms with Gasteiger partial charge in [-0.25, -0.2) is 4.79 Å². The van der Waals surface area contributed by atoms with Crippen molar-refractivity contribution in [3.63, 3.8) is 0 Å². The van der Waals surface area contributed by atoms with Crippen LogP contribution in [0.4, 0.5) is 4.79 Å². The molecular weight excluding hydrogens is 286 g/mol. The van der Waals surface area contributed by atoms with Crippen LogP contribution in [-0.4, -0.2) is 40.7 Å². The molecule has 116 valence electrons. The average Bonchev–Trinajstić information content (AvgIpc) is 2.84. The first kappa shape index (κ1) is 16.0. The van der Waals surface area contributed by atoms with Gasteiger partial charge in [0.1, 0.15) is 18.0 Å². The first-order chi connectivity index (χ1) is 9.87. The predicted octanol–water partition coefficient (Wildman–Crippen LogP) is 3.62. The van der Waals surface area contributed by atoms with E-state index >= 15 is 0 Å². The van der Waals surface area contributed by atoms with Crippen LogP contribution < -0.4 is 0 Å². The number of carbonyl (C=O) groups excluding carboxylic acids is 1. The van der Waals surface area contributed by atoms with Crippen molar-refractivity contribution in [3.05, 3.63) is 24.0 Å². The summed E-state index contributed by atoms with van der Waals surface area (Å²) in [5, 5.41) is 0. The first-order valence-corrected chi connectivity index (χ1v) is 7.80. The number of thiocarbonyl (C=S) groups is 1. The molecule has 0 unspecified atom stereocenters. The Bertz CT molecular complexity index is 476. The maximum atomic E-state index is 12.2. The van der Waals surface area contributed by atoms with E-state index in [-0.39, 0.29) is 12.1 Å². The van der Waals surface area contributed by atoms with Gasteiger partial charge in [-0.05, 0) is 39.7 Å². The third-order valence-electron chi connectivity index (χ3n) is 3.40. The summed E-state index contributed by atoms with van der Waals surface area (Å²) in [6.45, 7) is 6.84. The molecule has 1 atom stereocenters. The first-order valence-electron chi connectivity index (χ1n) is 7.39. The minimum absolute atomic E-state index is 0.0643. The minimum Gasteiger partial charge on any atom is -0.490 e. The third kappa shape index (κ3) is 4.56. The Balaban J connectivity index is 1.90. The molecule has 0 aromatic heterocycles.